The summed E-state index contributed by atoms with van der Waals surface area (Å²) in [7, 11) is -0.587. The van der Waals surface area contributed by atoms with Crippen molar-refractivity contribution in [1.29, 1.82) is 0 Å². The number of aromatic nitrogens is 4. The van der Waals surface area contributed by atoms with Gasteiger partial charge in [-0.25, -0.2) is 12.8 Å². The summed E-state index contributed by atoms with van der Waals surface area (Å²) in [5.41, 5.74) is 4.18. The van der Waals surface area contributed by atoms with E-state index in [4.69, 9.17) is 23.5 Å². The van der Waals surface area contributed by atoms with Crippen molar-refractivity contribution >= 4 is 43.7 Å². The highest BCUT2D eigenvalue weighted by Crippen LogP contribution is 2.33. The summed E-state index contributed by atoms with van der Waals surface area (Å²) in [4.78, 5) is 34.1. The number of carbonyl (C=O) groups excluding carboxylic acids is 1. The van der Waals surface area contributed by atoms with Crippen LogP contribution in [-0.4, -0.2) is 136 Å². The molecule has 396 valence electrons. The van der Waals surface area contributed by atoms with Crippen molar-refractivity contribution in [2.24, 2.45) is 0 Å². The molecule has 1 unspecified atom stereocenters. The highest BCUT2D eigenvalue weighted by Gasteiger charge is 2.31. The molecule has 1 aliphatic heterocycles. The van der Waals surface area contributed by atoms with E-state index < -0.39 is 40.8 Å². The van der Waals surface area contributed by atoms with Crippen LogP contribution < -0.4 is 36.3 Å². The molecule has 0 spiro atoms. The van der Waals surface area contributed by atoms with E-state index in [1.165, 1.54) is 25.3 Å². The van der Waals surface area contributed by atoms with E-state index in [1.807, 2.05) is 25.8 Å². The minimum atomic E-state index is -4.53. The number of hydrogen-bond donors (Lipinski definition) is 5. The van der Waals surface area contributed by atoms with Crippen molar-refractivity contribution in [1.82, 2.24) is 29.9 Å². The van der Waals surface area contributed by atoms with Gasteiger partial charge in [-0.2, -0.15) is 13.2 Å². The number of alkyl halides is 4. The van der Waals surface area contributed by atoms with Crippen LogP contribution in [0.2, 0.25) is 0 Å². The smallest absolute Gasteiger partial charge is 0.406 e. The molecule has 0 saturated carbocycles. The maximum absolute atomic E-state index is 14.9. The molecule has 74 heavy (non-hydrogen) atoms. The van der Waals surface area contributed by atoms with Gasteiger partial charge in [0.15, 0.2) is 16.4 Å². The van der Waals surface area contributed by atoms with Gasteiger partial charge in [-0.05, 0) is 82.6 Å². The second kappa shape index (κ2) is 24.7. The Bertz CT molecular complexity index is 3110. The Labute approximate surface area is 425 Å². The first-order valence-electron chi connectivity index (χ1n) is 23.7. The summed E-state index contributed by atoms with van der Waals surface area (Å²) in [6, 6.07) is 14.9. The van der Waals surface area contributed by atoms with Crippen LogP contribution in [0.4, 0.5) is 34.6 Å². The van der Waals surface area contributed by atoms with Crippen molar-refractivity contribution < 1.29 is 54.2 Å². The molecule has 23 heteroatoms. The predicted octanol–water partition coefficient (Wildman–Crippen LogP) is 6.66. The van der Waals surface area contributed by atoms with Crippen molar-refractivity contribution in [2.45, 2.75) is 63.1 Å². The molecule has 6 aromatic rings. The lowest BCUT2D eigenvalue weighted by atomic mass is 10.0. The van der Waals surface area contributed by atoms with E-state index >= 15 is 0 Å². The molecule has 7 rings (SSSR count). The average Bonchev–Trinajstić information content (AvgIpc) is 3.89. The molecule has 0 radical (unpaired) electrons. The van der Waals surface area contributed by atoms with Gasteiger partial charge in [-0.3, -0.25) is 14.6 Å². The number of methoxy groups -OCH3 is 1. The SMILES string of the molecule is COc1cc(S(=O)(=O)CCOCCOCCNC(=O)COc2ccnc([C@@H](C)Nc3cc(-c4c(C)noc4C)c[nH]c3=O)c2)ccc1NCC#Cc1cc2c(NC3CCN(C)C[C@@H]3F)cccc2n1CC(F)(F)F. The van der Waals surface area contributed by atoms with E-state index in [0.717, 1.165) is 15.7 Å². The molecule has 2 aromatic carbocycles. The number of piperidine rings is 1. The lowest BCUT2D eigenvalue weighted by Crippen LogP contribution is -2.46. The molecule has 1 saturated heterocycles. The fourth-order valence-electron chi connectivity index (χ4n) is 8.33. The van der Waals surface area contributed by atoms with Crippen LogP contribution in [0.25, 0.3) is 22.0 Å². The fourth-order valence-corrected chi connectivity index (χ4v) is 9.47. The zero-order valence-corrected chi connectivity index (χ0v) is 42.3. The van der Waals surface area contributed by atoms with Crippen LogP contribution in [0.5, 0.6) is 11.5 Å². The number of carbonyl (C=O) groups is 1. The number of pyridine rings is 2. The summed E-state index contributed by atoms with van der Waals surface area (Å²) >= 11 is 0. The predicted molar refractivity (Wildman–Crippen MR) is 271 cm³/mol. The number of fused-ring (bicyclic) bond motifs is 1. The highest BCUT2D eigenvalue weighted by atomic mass is 32.2. The molecule has 0 aliphatic carbocycles. The number of sulfone groups is 1. The minimum absolute atomic E-state index is 0.00752. The number of H-pyrrole nitrogens is 1. The van der Waals surface area contributed by atoms with Gasteiger partial charge in [0.05, 0.1) is 91.1 Å². The van der Waals surface area contributed by atoms with Gasteiger partial charge in [0.2, 0.25) is 0 Å². The van der Waals surface area contributed by atoms with Gasteiger partial charge in [-0.15, -0.1) is 0 Å². The monoisotopic (exact) mass is 1050 g/mol. The van der Waals surface area contributed by atoms with Crippen LogP contribution in [-0.2, 0) is 30.7 Å². The fraction of sp³-hybridized carbons (Fsp3) is 0.412. The third kappa shape index (κ3) is 14.5. The number of halogens is 4. The summed E-state index contributed by atoms with van der Waals surface area (Å²) in [6.07, 6.45) is -2.00. The largest absolute Gasteiger partial charge is 0.495 e. The van der Waals surface area contributed by atoms with Gasteiger partial charge in [0.25, 0.3) is 11.5 Å². The quantitative estimate of drug-likeness (QED) is 0.0258. The first-order chi connectivity index (χ1) is 35.4. The first-order valence-corrected chi connectivity index (χ1v) is 25.4. The number of amides is 1. The highest BCUT2D eigenvalue weighted by molar-refractivity contribution is 7.91. The van der Waals surface area contributed by atoms with Crippen molar-refractivity contribution in [3.8, 4) is 34.5 Å². The lowest BCUT2D eigenvalue weighted by Gasteiger charge is -2.33. The molecule has 18 nitrogen and oxygen atoms in total. The Morgan fingerprint density at radius 2 is 1.82 bits per heavy atom. The van der Waals surface area contributed by atoms with E-state index in [0.29, 0.717) is 63.8 Å². The van der Waals surface area contributed by atoms with Gasteiger partial charge >= 0.3 is 6.18 Å². The molecule has 0 bridgehead atoms. The normalized spacial score (nSPS) is 15.5. The Morgan fingerprint density at radius 1 is 1.03 bits per heavy atom. The zero-order chi connectivity index (χ0) is 53.0. The molecule has 1 amide bonds. The number of aromatic amines is 1. The summed E-state index contributed by atoms with van der Waals surface area (Å²) < 4.78 is 111. The topological polar surface area (TPSA) is 216 Å². The molecule has 4 aromatic heterocycles. The Morgan fingerprint density at radius 3 is 2.57 bits per heavy atom. The van der Waals surface area contributed by atoms with Gasteiger partial charge in [0, 0.05) is 66.4 Å². The first kappa shape index (κ1) is 54.6. The van der Waals surface area contributed by atoms with E-state index in [2.05, 4.69) is 48.2 Å². The van der Waals surface area contributed by atoms with Crippen LogP contribution >= 0.6 is 0 Å². The van der Waals surface area contributed by atoms with Crippen molar-refractivity contribution in [3.05, 3.63) is 106 Å². The van der Waals surface area contributed by atoms with Crippen LogP contribution in [0.15, 0.2) is 87.3 Å². The number of benzene rings is 2. The maximum Gasteiger partial charge on any atom is 0.406 e. The lowest BCUT2D eigenvalue weighted by molar-refractivity contribution is -0.140. The Hall–Kier alpha value is -7.13. The van der Waals surface area contributed by atoms with Crippen molar-refractivity contribution in [3.63, 3.8) is 0 Å². The molecular weight excluding hydrogens is 991 g/mol. The Balaban J connectivity index is 0.807. The molecule has 3 atom stereocenters. The number of likely N-dealkylation sites (tertiary alicyclic amines) is 1. The van der Waals surface area contributed by atoms with Crippen LogP contribution in [0, 0.1) is 25.7 Å². The number of ether oxygens (including phenoxy) is 4. The molecule has 5 N–H and O–H groups in total. The van der Waals surface area contributed by atoms with Gasteiger partial charge in [-0.1, -0.05) is 17.1 Å². The number of hydrogen-bond acceptors (Lipinski definition) is 15. The summed E-state index contributed by atoms with van der Waals surface area (Å²) in [6.45, 7) is 5.33. The maximum atomic E-state index is 14.9. The van der Waals surface area contributed by atoms with E-state index in [-0.39, 0.29) is 86.2 Å². The van der Waals surface area contributed by atoms with Gasteiger partial charge < -0.3 is 59.2 Å². The second-order valence-electron chi connectivity index (χ2n) is 17.6. The molecular formula is C51H59F4N9O9S. The summed E-state index contributed by atoms with van der Waals surface area (Å²) in [5, 5.41) is 16.6. The third-order valence-corrected chi connectivity index (χ3v) is 13.8. The average molecular weight is 1050 g/mol. The summed E-state index contributed by atoms with van der Waals surface area (Å²) in [5.74, 6) is 6.23. The Kier molecular flexibility index (Phi) is 18.3. The number of aryl methyl sites for hydroxylation is 2. The van der Waals surface area contributed by atoms with Crippen LogP contribution in [0.1, 0.15) is 42.2 Å². The van der Waals surface area contributed by atoms with E-state index in [1.54, 1.807) is 61.8 Å². The number of nitrogens with zero attached hydrogens (tertiary/aromatic N) is 4. The number of anilines is 3. The van der Waals surface area contributed by atoms with Crippen LogP contribution in [0.3, 0.4) is 0 Å². The molecule has 5 heterocycles. The molecule has 1 fully saturated rings. The number of rotatable bonds is 23. The second-order valence-corrected chi connectivity index (χ2v) is 19.7. The third-order valence-electron chi connectivity index (χ3n) is 12.1. The standard InChI is InChI=1S/C51H59F4N9O9S/c1-32(60-45-24-35(28-59-50(45)66)49-33(2)62-73-34(49)3)44-26-37(13-16-57-44)72-30-48(65)58-17-19-70-20-21-71-22-23-74(67,68)38-11-12-43(47(27-38)69-5)56-15-7-8-36-25-39-41(61-42-14-18-63(4)29-40(42)52)9-6-10-46(39)64(36)31-51(53,54)55/h6,9-13,16,24-28,32,40,42,56,60-61H,14-15,17-23,29-31H2,1-5H3,(H,58,65)(H,59,66)/t32-,40+,42?/m1/s1. The number of nitrogens with one attached hydrogen (secondary N) is 5. The molecule has 1 aliphatic rings. The zero-order valence-electron chi connectivity index (χ0n) is 41.5. The van der Waals surface area contributed by atoms with Crippen molar-refractivity contribution in [2.75, 3.05) is 95.1 Å². The van der Waals surface area contributed by atoms with Gasteiger partial charge in [0.1, 0.15) is 35.7 Å². The van der Waals surface area contributed by atoms with E-state index in [9.17, 15) is 35.6 Å². The minimum Gasteiger partial charge on any atom is -0.495 e.